The van der Waals surface area contributed by atoms with E-state index in [0.717, 1.165) is 42.1 Å². The number of aromatic nitrogens is 2. The number of hydrogen-bond donors (Lipinski definition) is 1. The Bertz CT molecular complexity index is 1040. The number of hydrogen-bond acceptors (Lipinski definition) is 4. The van der Waals surface area contributed by atoms with Gasteiger partial charge < -0.3 is 10.2 Å². The largest absolute Gasteiger partial charge is 0.352 e. The van der Waals surface area contributed by atoms with Crippen LogP contribution in [0.15, 0.2) is 48.5 Å². The summed E-state index contributed by atoms with van der Waals surface area (Å²) in [4.78, 5) is 24.0. The first-order chi connectivity index (χ1) is 13.5. The SMILES string of the molecule is Cc1ccc(C)c(NC(=O)c2cc(N3CCc4ccccc4C3)nc(C)n2)c1. The molecule has 5 nitrogen and oxygen atoms in total. The zero-order valence-corrected chi connectivity index (χ0v) is 16.5. The van der Waals surface area contributed by atoms with Gasteiger partial charge >= 0.3 is 0 Å². The Kier molecular flexibility index (Phi) is 4.82. The highest BCUT2D eigenvalue weighted by molar-refractivity contribution is 6.03. The number of aryl methyl sites for hydroxylation is 3. The maximum atomic E-state index is 12.8. The van der Waals surface area contributed by atoms with Crippen LogP contribution >= 0.6 is 0 Å². The molecule has 0 unspecified atom stereocenters. The first-order valence-corrected chi connectivity index (χ1v) is 9.55. The Morgan fingerprint density at radius 1 is 1.00 bits per heavy atom. The summed E-state index contributed by atoms with van der Waals surface area (Å²) in [6.07, 6.45) is 0.975. The lowest BCUT2D eigenvalue weighted by Gasteiger charge is -2.30. The van der Waals surface area contributed by atoms with E-state index in [1.54, 1.807) is 6.07 Å². The summed E-state index contributed by atoms with van der Waals surface area (Å²) >= 11 is 0. The number of benzene rings is 2. The van der Waals surface area contributed by atoms with E-state index in [9.17, 15) is 4.79 Å². The molecule has 28 heavy (non-hydrogen) atoms. The lowest BCUT2D eigenvalue weighted by molar-refractivity contribution is 0.102. The van der Waals surface area contributed by atoms with Gasteiger partial charge in [0.05, 0.1) is 0 Å². The Morgan fingerprint density at radius 2 is 1.79 bits per heavy atom. The average Bonchev–Trinajstić information content (AvgIpc) is 2.70. The smallest absolute Gasteiger partial charge is 0.274 e. The number of anilines is 2. The molecule has 2 heterocycles. The van der Waals surface area contributed by atoms with E-state index in [2.05, 4.69) is 44.5 Å². The molecule has 0 spiro atoms. The molecule has 0 atom stereocenters. The molecule has 0 radical (unpaired) electrons. The van der Waals surface area contributed by atoms with Gasteiger partial charge in [-0.1, -0.05) is 36.4 Å². The topological polar surface area (TPSA) is 58.1 Å². The van der Waals surface area contributed by atoms with Gasteiger partial charge in [-0.15, -0.1) is 0 Å². The van der Waals surface area contributed by atoms with E-state index in [-0.39, 0.29) is 5.91 Å². The van der Waals surface area contributed by atoms with Crippen LogP contribution in [0.25, 0.3) is 0 Å². The zero-order valence-electron chi connectivity index (χ0n) is 16.5. The van der Waals surface area contributed by atoms with Crippen molar-refractivity contribution >= 4 is 17.4 Å². The highest BCUT2D eigenvalue weighted by Gasteiger charge is 2.20. The second-order valence-electron chi connectivity index (χ2n) is 7.37. The molecule has 1 aromatic heterocycles. The lowest BCUT2D eigenvalue weighted by Crippen LogP contribution is -2.31. The monoisotopic (exact) mass is 372 g/mol. The number of amides is 1. The van der Waals surface area contributed by atoms with Crippen molar-refractivity contribution in [2.45, 2.75) is 33.7 Å². The van der Waals surface area contributed by atoms with Crippen LogP contribution < -0.4 is 10.2 Å². The van der Waals surface area contributed by atoms with E-state index in [4.69, 9.17) is 0 Å². The second kappa shape index (κ2) is 7.43. The summed E-state index contributed by atoms with van der Waals surface area (Å²) in [6.45, 7) is 7.50. The van der Waals surface area contributed by atoms with Crippen molar-refractivity contribution in [2.75, 3.05) is 16.8 Å². The Hall–Kier alpha value is -3.21. The highest BCUT2D eigenvalue weighted by Crippen LogP contribution is 2.24. The number of nitrogens with one attached hydrogen (secondary N) is 1. The summed E-state index contributed by atoms with van der Waals surface area (Å²) in [6, 6.07) is 16.3. The van der Waals surface area contributed by atoms with Crippen molar-refractivity contribution in [3.05, 3.63) is 82.3 Å². The van der Waals surface area contributed by atoms with Crippen LogP contribution in [0.1, 0.15) is 38.6 Å². The van der Waals surface area contributed by atoms with Crippen LogP contribution in [0.3, 0.4) is 0 Å². The molecule has 1 N–H and O–H groups in total. The van der Waals surface area contributed by atoms with E-state index in [1.165, 1.54) is 11.1 Å². The number of carbonyl (C=O) groups is 1. The number of fused-ring (bicyclic) bond motifs is 1. The normalized spacial score (nSPS) is 13.2. The molecule has 142 valence electrons. The maximum Gasteiger partial charge on any atom is 0.274 e. The predicted molar refractivity (Wildman–Crippen MR) is 112 cm³/mol. The van der Waals surface area contributed by atoms with Gasteiger partial charge in [-0.3, -0.25) is 4.79 Å². The quantitative estimate of drug-likeness (QED) is 0.748. The summed E-state index contributed by atoms with van der Waals surface area (Å²) < 4.78 is 0. The summed E-state index contributed by atoms with van der Waals surface area (Å²) in [5.41, 5.74) is 6.03. The predicted octanol–water partition coefficient (Wildman–Crippen LogP) is 4.22. The summed E-state index contributed by atoms with van der Waals surface area (Å²) in [5, 5.41) is 2.99. The van der Waals surface area contributed by atoms with Crippen LogP contribution in [0, 0.1) is 20.8 Å². The van der Waals surface area contributed by atoms with Gasteiger partial charge in [-0.2, -0.15) is 0 Å². The van der Waals surface area contributed by atoms with Crippen LogP contribution in [0.5, 0.6) is 0 Å². The molecule has 1 aliphatic rings. The highest BCUT2D eigenvalue weighted by atomic mass is 16.1. The first kappa shape index (κ1) is 18.2. The minimum Gasteiger partial charge on any atom is -0.352 e. The zero-order chi connectivity index (χ0) is 19.7. The Labute approximate surface area is 165 Å². The van der Waals surface area contributed by atoms with Crippen LogP contribution in [-0.2, 0) is 13.0 Å². The number of carbonyl (C=O) groups excluding carboxylic acids is 1. The first-order valence-electron chi connectivity index (χ1n) is 9.55. The van der Waals surface area contributed by atoms with Gasteiger partial charge in [-0.05, 0) is 55.5 Å². The minimum absolute atomic E-state index is 0.210. The minimum atomic E-state index is -0.210. The summed E-state index contributed by atoms with van der Waals surface area (Å²) in [7, 11) is 0. The average molecular weight is 372 g/mol. The third-order valence-electron chi connectivity index (χ3n) is 5.15. The van der Waals surface area contributed by atoms with Crippen LogP contribution in [0.4, 0.5) is 11.5 Å². The molecule has 1 amide bonds. The molecule has 0 saturated heterocycles. The van der Waals surface area contributed by atoms with Crippen LogP contribution in [0.2, 0.25) is 0 Å². The van der Waals surface area contributed by atoms with Crippen molar-refractivity contribution in [1.29, 1.82) is 0 Å². The van der Waals surface area contributed by atoms with Gasteiger partial charge in [0.2, 0.25) is 0 Å². The van der Waals surface area contributed by atoms with Gasteiger partial charge in [0, 0.05) is 24.8 Å². The fourth-order valence-electron chi connectivity index (χ4n) is 3.58. The number of rotatable bonds is 3. The number of nitrogens with zero attached hydrogens (tertiary/aromatic N) is 3. The fraction of sp³-hybridized carbons (Fsp3) is 0.261. The lowest BCUT2D eigenvalue weighted by atomic mass is 10.00. The van der Waals surface area contributed by atoms with Crippen molar-refractivity contribution in [1.82, 2.24) is 9.97 Å². The van der Waals surface area contributed by atoms with Gasteiger partial charge in [0.1, 0.15) is 17.3 Å². The molecule has 0 bridgehead atoms. The van der Waals surface area contributed by atoms with E-state index < -0.39 is 0 Å². The molecule has 0 fully saturated rings. The molecule has 3 aromatic rings. The standard InChI is InChI=1S/C23H24N4O/c1-15-8-9-16(2)20(12-15)26-23(28)21-13-22(25-17(3)24-21)27-11-10-18-6-4-5-7-19(18)14-27/h4-9,12-13H,10-11,14H2,1-3H3,(H,26,28). The molecular formula is C23H24N4O. The van der Waals surface area contributed by atoms with Gasteiger partial charge in [0.25, 0.3) is 5.91 Å². The third-order valence-corrected chi connectivity index (χ3v) is 5.15. The maximum absolute atomic E-state index is 12.8. The Balaban J connectivity index is 1.59. The molecule has 0 aliphatic carbocycles. The van der Waals surface area contributed by atoms with Gasteiger partial charge in [-0.25, -0.2) is 9.97 Å². The van der Waals surface area contributed by atoms with Crippen molar-refractivity contribution < 1.29 is 4.79 Å². The van der Waals surface area contributed by atoms with Crippen molar-refractivity contribution in [3.8, 4) is 0 Å². The fourth-order valence-corrected chi connectivity index (χ4v) is 3.58. The molecule has 5 heteroatoms. The molecule has 0 saturated carbocycles. The van der Waals surface area contributed by atoms with E-state index in [1.807, 2.05) is 39.0 Å². The van der Waals surface area contributed by atoms with Crippen molar-refractivity contribution in [3.63, 3.8) is 0 Å². The molecule has 2 aromatic carbocycles. The molecule has 1 aliphatic heterocycles. The molecule has 4 rings (SSSR count). The molecular weight excluding hydrogens is 348 g/mol. The third kappa shape index (κ3) is 3.74. The van der Waals surface area contributed by atoms with E-state index >= 15 is 0 Å². The van der Waals surface area contributed by atoms with E-state index in [0.29, 0.717) is 11.5 Å². The van der Waals surface area contributed by atoms with Crippen LogP contribution in [-0.4, -0.2) is 22.4 Å². The second-order valence-corrected chi connectivity index (χ2v) is 7.37. The summed E-state index contributed by atoms with van der Waals surface area (Å²) in [5.74, 6) is 1.19. The van der Waals surface area contributed by atoms with Crippen molar-refractivity contribution in [2.24, 2.45) is 0 Å². The Morgan fingerprint density at radius 3 is 2.61 bits per heavy atom. The van der Waals surface area contributed by atoms with Gasteiger partial charge in [0.15, 0.2) is 0 Å².